The number of hydrogen-bond acceptors (Lipinski definition) is 5. The van der Waals surface area contributed by atoms with Crippen LogP contribution in [0, 0.1) is 5.92 Å². The van der Waals surface area contributed by atoms with Gasteiger partial charge in [-0.2, -0.15) is 0 Å². The van der Waals surface area contributed by atoms with Gasteiger partial charge >= 0.3 is 5.97 Å². The summed E-state index contributed by atoms with van der Waals surface area (Å²) in [5.74, 6) is -0.166. The monoisotopic (exact) mass is 497 g/mol. The molecule has 1 heterocycles. The van der Waals surface area contributed by atoms with E-state index in [0.29, 0.717) is 12.1 Å². The predicted octanol–water partition coefficient (Wildman–Crippen LogP) is 6.39. The van der Waals surface area contributed by atoms with E-state index in [1.54, 1.807) is 23.5 Å². The van der Waals surface area contributed by atoms with Crippen molar-refractivity contribution in [2.75, 3.05) is 30.4 Å². The average molecular weight is 498 g/mol. The maximum atomic E-state index is 11.1. The lowest BCUT2D eigenvalue weighted by Gasteiger charge is -2.21. The number of aromatic nitrogens is 1. The van der Waals surface area contributed by atoms with Crippen molar-refractivity contribution in [1.82, 2.24) is 4.98 Å². The minimum atomic E-state index is -0.906. The Labute approximate surface area is 216 Å². The van der Waals surface area contributed by atoms with Gasteiger partial charge in [0.1, 0.15) is 0 Å². The number of anilines is 2. The van der Waals surface area contributed by atoms with Gasteiger partial charge in [-0.1, -0.05) is 48.5 Å². The molecule has 1 aromatic heterocycles. The maximum Gasteiger partial charge on any atom is 0.335 e. The molecule has 1 aliphatic rings. The van der Waals surface area contributed by atoms with Gasteiger partial charge in [0.2, 0.25) is 0 Å². The summed E-state index contributed by atoms with van der Waals surface area (Å²) in [5.41, 5.74) is 7.72. The Morgan fingerprint density at radius 3 is 2.25 bits per heavy atom. The molecule has 1 N–H and O–H groups in total. The van der Waals surface area contributed by atoms with Crippen LogP contribution in [0.3, 0.4) is 0 Å². The number of carboxylic acids is 1. The molecule has 0 unspecified atom stereocenters. The third-order valence-corrected chi connectivity index (χ3v) is 8.01. The van der Waals surface area contributed by atoms with Crippen molar-refractivity contribution in [2.24, 2.45) is 5.92 Å². The van der Waals surface area contributed by atoms with Crippen LogP contribution in [-0.4, -0.2) is 36.7 Å². The van der Waals surface area contributed by atoms with E-state index >= 15 is 0 Å². The zero-order chi connectivity index (χ0) is 25.1. The van der Waals surface area contributed by atoms with Crippen molar-refractivity contribution < 1.29 is 9.90 Å². The minimum Gasteiger partial charge on any atom is -0.478 e. The Morgan fingerprint density at radius 1 is 0.944 bits per heavy atom. The SMILES string of the molecule is CN(CCC1Cc2ccccc2C1)c1ccc(-c2csc(N(C)Cc3ccc(C(=O)O)cc3)n2)cc1. The lowest BCUT2D eigenvalue weighted by Crippen LogP contribution is -2.21. The first kappa shape index (κ1) is 24.1. The first-order valence-corrected chi connectivity index (χ1v) is 13.2. The maximum absolute atomic E-state index is 11.1. The highest BCUT2D eigenvalue weighted by Crippen LogP contribution is 2.31. The number of carbonyl (C=O) groups is 1. The second-order valence-corrected chi connectivity index (χ2v) is 10.5. The van der Waals surface area contributed by atoms with E-state index in [0.717, 1.165) is 34.4 Å². The standard InChI is InChI=1S/C30H31N3O2S/c1-32(16-15-22-17-25-5-3-4-6-26(25)18-22)27-13-11-23(12-14-27)28-20-36-30(31-28)33(2)19-21-7-9-24(10-8-21)29(34)35/h3-14,20,22H,15-19H2,1-2H3,(H,34,35). The predicted molar refractivity (Wildman–Crippen MR) is 148 cm³/mol. The highest BCUT2D eigenvalue weighted by molar-refractivity contribution is 7.14. The lowest BCUT2D eigenvalue weighted by atomic mass is 10.0. The van der Waals surface area contributed by atoms with E-state index in [9.17, 15) is 4.79 Å². The van der Waals surface area contributed by atoms with Crippen molar-refractivity contribution in [3.8, 4) is 11.3 Å². The topological polar surface area (TPSA) is 56.7 Å². The zero-order valence-corrected chi connectivity index (χ0v) is 21.5. The molecular formula is C30H31N3O2S. The molecule has 3 aromatic carbocycles. The van der Waals surface area contributed by atoms with Crippen molar-refractivity contribution >= 4 is 28.1 Å². The second-order valence-electron chi connectivity index (χ2n) is 9.67. The number of benzene rings is 3. The molecule has 0 saturated heterocycles. The molecule has 1 aliphatic carbocycles. The van der Waals surface area contributed by atoms with E-state index in [1.807, 2.05) is 19.2 Å². The number of nitrogens with zero attached hydrogens (tertiary/aromatic N) is 3. The molecule has 0 saturated carbocycles. The smallest absolute Gasteiger partial charge is 0.335 e. The van der Waals surface area contributed by atoms with Crippen molar-refractivity contribution in [2.45, 2.75) is 25.8 Å². The molecule has 0 radical (unpaired) electrons. The van der Waals surface area contributed by atoms with Crippen LogP contribution in [0.1, 0.15) is 33.5 Å². The Balaban J connectivity index is 1.16. The van der Waals surface area contributed by atoms with Gasteiger partial charge in [-0.15, -0.1) is 11.3 Å². The van der Waals surface area contributed by atoms with Gasteiger partial charge in [0.25, 0.3) is 0 Å². The van der Waals surface area contributed by atoms with Gasteiger partial charge in [0, 0.05) is 43.8 Å². The van der Waals surface area contributed by atoms with Gasteiger partial charge in [-0.3, -0.25) is 0 Å². The zero-order valence-electron chi connectivity index (χ0n) is 20.7. The molecule has 0 spiro atoms. The molecule has 0 atom stereocenters. The van der Waals surface area contributed by atoms with Crippen LogP contribution < -0.4 is 9.80 Å². The number of carboxylic acid groups (broad SMARTS) is 1. The molecule has 36 heavy (non-hydrogen) atoms. The van der Waals surface area contributed by atoms with E-state index in [2.05, 4.69) is 70.8 Å². The quantitative estimate of drug-likeness (QED) is 0.291. The van der Waals surface area contributed by atoms with Crippen molar-refractivity contribution in [3.63, 3.8) is 0 Å². The molecule has 184 valence electrons. The number of fused-ring (bicyclic) bond motifs is 1. The van der Waals surface area contributed by atoms with E-state index in [4.69, 9.17) is 10.1 Å². The minimum absolute atomic E-state index is 0.302. The van der Waals surface area contributed by atoms with Gasteiger partial charge in [-0.25, -0.2) is 9.78 Å². The summed E-state index contributed by atoms with van der Waals surface area (Å²) in [6, 6.07) is 24.5. The molecule has 5 nitrogen and oxygen atoms in total. The third-order valence-electron chi connectivity index (χ3n) is 7.05. The fraction of sp³-hybridized carbons (Fsp3) is 0.267. The highest BCUT2D eigenvalue weighted by atomic mass is 32.1. The molecule has 0 bridgehead atoms. The second kappa shape index (κ2) is 10.5. The van der Waals surface area contributed by atoms with Crippen LogP contribution in [0.15, 0.2) is 78.2 Å². The van der Waals surface area contributed by atoms with Crippen LogP contribution in [0.2, 0.25) is 0 Å². The number of aromatic carboxylic acids is 1. The Hall–Kier alpha value is -3.64. The molecule has 5 rings (SSSR count). The van der Waals surface area contributed by atoms with Crippen LogP contribution in [0.25, 0.3) is 11.3 Å². The number of hydrogen-bond donors (Lipinski definition) is 1. The summed E-state index contributed by atoms with van der Waals surface area (Å²) in [6.45, 7) is 1.72. The van der Waals surface area contributed by atoms with Crippen molar-refractivity contribution in [1.29, 1.82) is 0 Å². The summed E-state index contributed by atoms with van der Waals surface area (Å²) in [5, 5.41) is 12.1. The van der Waals surface area contributed by atoms with Crippen LogP contribution in [0.4, 0.5) is 10.8 Å². The first-order chi connectivity index (χ1) is 17.5. The Morgan fingerprint density at radius 2 is 1.61 bits per heavy atom. The Kier molecular flexibility index (Phi) is 7.05. The van der Waals surface area contributed by atoms with Gasteiger partial charge in [0.05, 0.1) is 11.3 Å². The van der Waals surface area contributed by atoms with Gasteiger partial charge in [-0.05, 0) is 66.1 Å². The fourth-order valence-electron chi connectivity index (χ4n) is 4.91. The number of thiazole rings is 1. The summed E-state index contributed by atoms with van der Waals surface area (Å²) >= 11 is 1.62. The molecule has 0 fully saturated rings. The normalized spacial score (nSPS) is 12.9. The summed E-state index contributed by atoms with van der Waals surface area (Å²) in [7, 11) is 4.19. The van der Waals surface area contributed by atoms with Gasteiger partial charge < -0.3 is 14.9 Å². The summed E-state index contributed by atoms with van der Waals surface area (Å²) in [4.78, 5) is 20.3. The van der Waals surface area contributed by atoms with E-state index < -0.39 is 5.97 Å². The summed E-state index contributed by atoms with van der Waals surface area (Å²) < 4.78 is 0. The molecule has 0 amide bonds. The fourth-order valence-corrected chi connectivity index (χ4v) is 5.71. The molecule has 6 heteroatoms. The largest absolute Gasteiger partial charge is 0.478 e. The third kappa shape index (κ3) is 5.44. The van der Waals surface area contributed by atoms with Crippen LogP contribution in [-0.2, 0) is 19.4 Å². The average Bonchev–Trinajstić information content (AvgIpc) is 3.55. The first-order valence-electron chi connectivity index (χ1n) is 12.3. The van der Waals surface area contributed by atoms with E-state index in [1.165, 1.54) is 36.1 Å². The van der Waals surface area contributed by atoms with Crippen molar-refractivity contribution in [3.05, 3.63) is 100 Å². The van der Waals surface area contributed by atoms with Crippen LogP contribution >= 0.6 is 11.3 Å². The summed E-state index contributed by atoms with van der Waals surface area (Å²) in [6.07, 6.45) is 3.61. The Bertz CT molecular complexity index is 1310. The van der Waals surface area contributed by atoms with E-state index in [-0.39, 0.29) is 0 Å². The van der Waals surface area contributed by atoms with Crippen LogP contribution in [0.5, 0.6) is 0 Å². The number of rotatable bonds is 9. The lowest BCUT2D eigenvalue weighted by molar-refractivity contribution is 0.0697. The molecular weight excluding hydrogens is 466 g/mol. The van der Waals surface area contributed by atoms with Gasteiger partial charge in [0.15, 0.2) is 5.13 Å². The highest BCUT2D eigenvalue weighted by Gasteiger charge is 2.21. The molecule has 0 aliphatic heterocycles. The molecule has 4 aromatic rings.